The molecule has 2 aromatic carbocycles. The fourth-order valence-corrected chi connectivity index (χ4v) is 3.23. The third kappa shape index (κ3) is 6.22. The fourth-order valence-electron chi connectivity index (χ4n) is 3.23. The summed E-state index contributed by atoms with van der Waals surface area (Å²) in [5.41, 5.74) is 1.71. The van der Waals surface area contributed by atoms with Crippen molar-refractivity contribution in [2.45, 2.75) is 12.8 Å². The highest BCUT2D eigenvalue weighted by Crippen LogP contribution is 2.15. The van der Waals surface area contributed by atoms with Crippen molar-refractivity contribution in [1.82, 2.24) is 10.2 Å². The molecule has 1 fully saturated rings. The molecule has 0 aromatic heterocycles. The first-order chi connectivity index (χ1) is 13.2. The molecular weight excluding hydrogens is 341 g/mol. The molecule has 1 aliphatic rings. The van der Waals surface area contributed by atoms with Gasteiger partial charge in [-0.05, 0) is 61.7 Å². The Morgan fingerprint density at radius 3 is 2.52 bits per heavy atom. The average Bonchev–Trinajstić information content (AvgIpc) is 2.70. The van der Waals surface area contributed by atoms with Crippen LogP contribution in [0.15, 0.2) is 60.7 Å². The van der Waals surface area contributed by atoms with Gasteiger partial charge in [-0.1, -0.05) is 42.5 Å². The predicted octanol–water partition coefficient (Wildman–Crippen LogP) is 4.37. The summed E-state index contributed by atoms with van der Waals surface area (Å²) in [7, 11) is 0. The summed E-state index contributed by atoms with van der Waals surface area (Å²) < 4.78 is 13.0. The van der Waals surface area contributed by atoms with Crippen LogP contribution in [0.5, 0.6) is 0 Å². The first kappa shape index (κ1) is 19.1. The molecule has 0 atom stereocenters. The minimum Gasteiger partial charge on any atom is -0.321 e. The molecule has 0 spiro atoms. The third-order valence-electron chi connectivity index (χ3n) is 4.76. The monoisotopic (exact) mass is 367 g/mol. The molecule has 2 amide bonds. The Balaban J connectivity index is 1.64. The van der Waals surface area contributed by atoms with E-state index in [4.69, 9.17) is 0 Å². The molecule has 27 heavy (non-hydrogen) atoms. The zero-order valence-electron chi connectivity index (χ0n) is 15.4. The molecule has 2 N–H and O–H groups in total. The molecule has 1 heterocycles. The maximum absolute atomic E-state index is 13.0. The number of nitrogens with one attached hydrogen (secondary N) is 2. The van der Waals surface area contributed by atoms with Crippen molar-refractivity contribution in [1.29, 1.82) is 0 Å². The van der Waals surface area contributed by atoms with E-state index in [1.807, 2.05) is 47.4 Å². The molecule has 3 rings (SSSR count). The minimum atomic E-state index is -0.248. The number of halogens is 1. The minimum absolute atomic E-state index is 0.0940. The number of rotatable bonds is 6. The largest absolute Gasteiger partial charge is 0.322 e. The van der Waals surface area contributed by atoms with Crippen molar-refractivity contribution in [2.75, 3.05) is 31.5 Å². The lowest BCUT2D eigenvalue weighted by atomic mass is 9.97. The van der Waals surface area contributed by atoms with E-state index in [1.165, 1.54) is 12.1 Å². The molecule has 4 nitrogen and oxygen atoms in total. The van der Waals surface area contributed by atoms with Gasteiger partial charge in [-0.25, -0.2) is 9.18 Å². The Morgan fingerprint density at radius 2 is 1.81 bits per heavy atom. The molecular formula is C22H26FN3O. The Labute approximate surface area is 160 Å². The molecule has 142 valence electrons. The van der Waals surface area contributed by atoms with Crippen molar-refractivity contribution in [2.24, 2.45) is 5.92 Å². The highest BCUT2D eigenvalue weighted by atomic mass is 19.1. The van der Waals surface area contributed by atoms with Crippen molar-refractivity contribution >= 4 is 17.8 Å². The van der Waals surface area contributed by atoms with Crippen molar-refractivity contribution in [3.05, 3.63) is 72.1 Å². The van der Waals surface area contributed by atoms with E-state index in [-0.39, 0.29) is 11.8 Å². The van der Waals surface area contributed by atoms with E-state index in [1.54, 1.807) is 12.1 Å². The SMILES string of the molecule is O=C(Nc1ccccc1)N(C/C=C/c1ccc(F)cc1)CC1CCNCC1. The average molecular weight is 367 g/mol. The Bertz CT molecular complexity index is 740. The zero-order chi connectivity index (χ0) is 18.9. The second kappa shape index (κ2) is 9.88. The highest BCUT2D eigenvalue weighted by Gasteiger charge is 2.20. The molecule has 0 unspecified atom stereocenters. The van der Waals surface area contributed by atoms with Gasteiger partial charge in [-0.2, -0.15) is 0 Å². The predicted molar refractivity (Wildman–Crippen MR) is 108 cm³/mol. The van der Waals surface area contributed by atoms with Crippen LogP contribution in [0.4, 0.5) is 14.9 Å². The number of piperidine rings is 1. The van der Waals surface area contributed by atoms with Crippen LogP contribution in [0, 0.1) is 11.7 Å². The summed E-state index contributed by atoms with van der Waals surface area (Å²) in [5.74, 6) is 0.258. The smallest absolute Gasteiger partial charge is 0.321 e. The molecule has 0 saturated carbocycles. The normalized spacial score (nSPS) is 15.0. The first-order valence-electron chi connectivity index (χ1n) is 9.44. The summed E-state index contributed by atoms with van der Waals surface area (Å²) in [6, 6.07) is 15.7. The molecule has 0 radical (unpaired) electrons. The van der Waals surface area contributed by atoms with Crippen LogP contribution >= 0.6 is 0 Å². The van der Waals surface area contributed by atoms with Crippen LogP contribution in [0.1, 0.15) is 18.4 Å². The summed E-state index contributed by atoms with van der Waals surface area (Å²) >= 11 is 0. The lowest BCUT2D eigenvalue weighted by molar-refractivity contribution is 0.199. The topological polar surface area (TPSA) is 44.4 Å². The maximum Gasteiger partial charge on any atom is 0.322 e. The second-order valence-corrected chi connectivity index (χ2v) is 6.85. The van der Waals surface area contributed by atoms with Gasteiger partial charge >= 0.3 is 6.03 Å². The van der Waals surface area contributed by atoms with Gasteiger partial charge in [0.25, 0.3) is 0 Å². The second-order valence-electron chi connectivity index (χ2n) is 6.85. The van der Waals surface area contributed by atoms with Gasteiger partial charge in [0.15, 0.2) is 0 Å². The van der Waals surface area contributed by atoms with Crippen molar-refractivity contribution in [3.8, 4) is 0 Å². The van der Waals surface area contributed by atoms with Crippen molar-refractivity contribution < 1.29 is 9.18 Å². The van der Waals surface area contributed by atoms with E-state index in [2.05, 4.69) is 10.6 Å². The fraction of sp³-hybridized carbons (Fsp3) is 0.318. The van der Waals surface area contributed by atoms with Crippen LogP contribution in [-0.4, -0.2) is 37.1 Å². The molecule has 0 aliphatic carbocycles. The molecule has 2 aromatic rings. The number of amides is 2. The van der Waals surface area contributed by atoms with Gasteiger partial charge in [-0.3, -0.25) is 0 Å². The van der Waals surface area contributed by atoms with Gasteiger partial charge in [0.2, 0.25) is 0 Å². The summed E-state index contributed by atoms with van der Waals surface area (Å²) in [6.07, 6.45) is 6.04. The van der Waals surface area contributed by atoms with Gasteiger partial charge in [0, 0.05) is 18.8 Å². The van der Waals surface area contributed by atoms with Gasteiger partial charge in [-0.15, -0.1) is 0 Å². The first-order valence-corrected chi connectivity index (χ1v) is 9.44. The molecule has 1 aliphatic heterocycles. The maximum atomic E-state index is 13.0. The van der Waals surface area contributed by atoms with Crippen LogP contribution in [-0.2, 0) is 0 Å². The van der Waals surface area contributed by atoms with Gasteiger partial charge in [0.05, 0.1) is 0 Å². The molecule has 1 saturated heterocycles. The van der Waals surface area contributed by atoms with E-state index in [0.29, 0.717) is 12.5 Å². The highest BCUT2D eigenvalue weighted by molar-refractivity contribution is 5.89. The summed E-state index contributed by atoms with van der Waals surface area (Å²) in [5, 5.41) is 6.34. The zero-order valence-corrected chi connectivity index (χ0v) is 15.4. The third-order valence-corrected chi connectivity index (χ3v) is 4.76. The number of hydrogen-bond donors (Lipinski definition) is 2. The Hall–Kier alpha value is -2.66. The number of benzene rings is 2. The number of para-hydroxylation sites is 1. The summed E-state index contributed by atoms with van der Waals surface area (Å²) in [6.45, 7) is 3.25. The lowest BCUT2D eigenvalue weighted by Gasteiger charge is -2.29. The Morgan fingerprint density at radius 1 is 1.11 bits per heavy atom. The van der Waals surface area contributed by atoms with Gasteiger partial charge in [0.1, 0.15) is 5.82 Å². The Kier molecular flexibility index (Phi) is 6.99. The number of hydrogen-bond acceptors (Lipinski definition) is 2. The van der Waals surface area contributed by atoms with Crippen LogP contribution < -0.4 is 10.6 Å². The van der Waals surface area contributed by atoms with Crippen LogP contribution in [0.25, 0.3) is 6.08 Å². The number of nitrogens with zero attached hydrogens (tertiary/aromatic N) is 1. The van der Waals surface area contributed by atoms with Crippen LogP contribution in [0.3, 0.4) is 0 Å². The number of anilines is 1. The standard InChI is InChI=1S/C22H26FN3O/c23-20-10-8-18(9-11-20)5-4-16-26(17-19-12-14-24-15-13-19)22(27)25-21-6-2-1-3-7-21/h1-11,19,24H,12-17H2,(H,25,27)/b5-4+. The molecule has 5 heteroatoms. The number of carbonyl (C=O) groups excluding carboxylic acids is 1. The quantitative estimate of drug-likeness (QED) is 0.796. The number of carbonyl (C=O) groups is 1. The number of urea groups is 1. The van der Waals surface area contributed by atoms with Gasteiger partial charge < -0.3 is 15.5 Å². The van der Waals surface area contributed by atoms with Crippen LogP contribution in [0.2, 0.25) is 0 Å². The van der Waals surface area contributed by atoms with E-state index >= 15 is 0 Å². The van der Waals surface area contributed by atoms with Crippen molar-refractivity contribution in [3.63, 3.8) is 0 Å². The van der Waals surface area contributed by atoms with E-state index in [0.717, 1.165) is 43.7 Å². The lowest BCUT2D eigenvalue weighted by Crippen LogP contribution is -2.41. The van der Waals surface area contributed by atoms with E-state index in [9.17, 15) is 9.18 Å². The van der Waals surface area contributed by atoms with E-state index < -0.39 is 0 Å². The summed E-state index contributed by atoms with van der Waals surface area (Å²) in [4.78, 5) is 14.6. The molecule has 0 bridgehead atoms.